The van der Waals surface area contributed by atoms with E-state index in [0.29, 0.717) is 5.92 Å². The van der Waals surface area contributed by atoms with Gasteiger partial charge in [-0.15, -0.1) is 0 Å². The van der Waals surface area contributed by atoms with Gasteiger partial charge in [0, 0.05) is 6.54 Å². The lowest BCUT2D eigenvalue weighted by Crippen LogP contribution is -2.54. The van der Waals surface area contributed by atoms with E-state index in [0.717, 1.165) is 38.8 Å². The number of rotatable bonds is 5. The zero-order valence-electron chi connectivity index (χ0n) is 10.8. The minimum Gasteiger partial charge on any atom is -0.354 e. The zero-order valence-corrected chi connectivity index (χ0v) is 11.6. The minimum absolute atomic E-state index is 0.244. The minimum atomic E-state index is -0.250. The normalized spacial score (nSPS) is 32.9. The summed E-state index contributed by atoms with van der Waals surface area (Å²) in [5, 5.41) is 6.61. The molecule has 0 radical (unpaired) electrons. The highest BCUT2D eigenvalue weighted by Crippen LogP contribution is 2.26. The predicted molar refractivity (Wildman–Crippen MR) is 73.3 cm³/mol. The smallest absolute Gasteiger partial charge is 0.240 e. The highest BCUT2D eigenvalue weighted by molar-refractivity contribution is 7.99. The fraction of sp³-hybridized carbons (Fsp3) is 0.923. The summed E-state index contributed by atoms with van der Waals surface area (Å²) in [6.45, 7) is 4.02. The van der Waals surface area contributed by atoms with Crippen LogP contribution in [0.2, 0.25) is 0 Å². The topological polar surface area (TPSA) is 41.1 Å². The molecule has 2 saturated heterocycles. The molecule has 2 fully saturated rings. The summed E-state index contributed by atoms with van der Waals surface area (Å²) < 4.78 is 0. The van der Waals surface area contributed by atoms with Crippen molar-refractivity contribution in [1.82, 2.24) is 10.6 Å². The molecule has 0 spiro atoms. The summed E-state index contributed by atoms with van der Waals surface area (Å²) >= 11 is 2.01. The number of amides is 1. The Morgan fingerprint density at radius 2 is 2.47 bits per heavy atom. The van der Waals surface area contributed by atoms with Gasteiger partial charge in [0.2, 0.25) is 5.91 Å². The van der Waals surface area contributed by atoms with Crippen molar-refractivity contribution < 1.29 is 4.79 Å². The number of hydrogen-bond acceptors (Lipinski definition) is 3. The molecule has 2 heterocycles. The number of nitrogens with one attached hydrogen (secondary N) is 2. The van der Waals surface area contributed by atoms with Gasteiger partial charge in [-0.25, -0.2) is 0 Å². The standard InChI is InChI=1S/C13H24N2OS/c1-2-5-13(6-3-7-15-13)12(16)14-9-11-4-8-17-10-11/h11,15H,2-10H2,1H3,(H,14,16). The first-order valence-corrected chi connectivity index (χ1v) is 8.03. The fourth-order valence-electron chi connectivity index (χ4n) is 2.90. The van der Waals surface area contributed by atoms with Gasteiger partial charge in [-0.2, -0.15) is 11.8 Å². The molecule has 2 atom stereocenters. The van der Waals surface area contributed by atoms with Gasteiger partial charge in [-0.05, 0) is 49.7 Å². The molecule has 4 heteroatoms. The van der Waals surface area contributed by atoms with Gasteiger partial charge in [0.25, 0.3) is 0 Å². The van der Waals surface area contributed by atoms with Crippen LogP contribution in [0.1, 0.15) is 39.0 Å². The van der Waals surface area contributed by atoms with E-state index in [1.54, 1.807) is 0 Å². The van der Waals surface area contributed by atoms with E-state index in [2.05, 4.69) is 17.6 Å². The number of carbonyl (C=O) groups excluding carboxylic acids is 1. The third kappa shape index (κ3) is 3.16. The first-order chi connectivity index (χ1) is 8.27. The van der Waals surface area contributed by atoms with Crippen molar-refractivity contribution in [3.63, 3.8) is 0 Å². The Kier molecular flexibility index (Phi) is 4.74. The molecule has 17 heavy (non-hydrogen) atoms. The lowest BCUT2D eigenvalue weighted by Gasteiger charge is -2.28. The maximum absolute atomic E-state index is 12.3. The molecule has 0 aromatic carbocycles. The summed E-state index contributed by atoms with van der Waals surface area (Å²) in [5.41, 5.74) is -0.250. The average Bonchev–Trinajstić information content (AvgIpc) is 2.97. The summed E-state index contributed by atoms with van der Waals surface area (Å²) in [5.74, 6) is 3.42. The van der Waals surface area contributed by atoms with Crippen molar-refractivity contribution in [1.29, 1.82) is 0 Å². The van der Waals surface area contributed by atoms with Crippen LogP contribution in [0.3, 0.4) is 0 Å². The zero-order chi connectivity index (χ0) is 12.1. The third-order valence-corrected chi connectivity index (χ3v) is 5.16. The van der Waals surface area contributed by atoms with Crippen LogP contribution in [0.4, 0.5) is 0 Å². The molecule has 2 aliphatic heterocycles. The Balaban J connectivity index is 1.83. The van der Waals surface area contributed by atoms with Gasteiger partial charge < -0.3 is 10.6 Å². The molecule has 2 aliphatic rings. The number of carbonyl (C=O) groups is 1. The molecular weight excluding hydrogens is 232 g/mol. The molecule has 0 saturated carbocycles. The van der Waals surface area contributed by atoms with Crippen molar-refractivity contribution >= 4 is 17.7 Å². The van der Waals surface area contributed by atoms with E-state index in [-0.39, 0.29) is 11.4 Å². The van der Waals surface area contributed by atoms with E-state index in [4.69, 9.17) is 0 Å². The van der Waals surface area contributed by atoms with Crippen molar-refractivity contribution in [2.45, 2.75) is 44.6 Å². The van der Waals surface area contributed by atoms with E-state index in [1.807, 2.05) is 11.8 Å². The number of hydrogen-bond donors (Lipinski definition) is 2. The van der Waals surface area contributed by atoms with Gasteiger partial charge in [0.05, 0.1) is 5.54 Å². The van der Waals surface area contributed by atoms with Crippen LogP contribution < -0.4 is 10.6 Å². The molecule has 98 valence electrons. The predicted octanol–water partition coefficient (Wildman–Crippen LogP) is 1.78. The maximum atomic E-state index is 12.3. The van der Waals surface area contributed by atoms with E-state index < -0.39 is 0 Å². The SMILES string of the molecule is CCCC1(C(=O)NCC2CCSC2)CCCN1. The van der Waals surface area contributed by atoms with Crippen molar-refractivity contribution in [3.05, 3.63) is 0 Å². The Hall–Kier alpha value is -0.220. The molecule has 2 unspecified atom stereocenters. The van der Waals surface area contributed by atoms with Gasteiger partial charge in [-0.3, -0.25) is 4.79 Å². The third-order valence-electron chi connectivity index (χ3n) is 3.93. The molecular formula is C13H24N2OS. The van der Waals surface area contributed by atoms with E-state index in [9.17, 15) is 4.79 Å². The molecule has 1 amide bonds. The van der Waals surface area contributed by atoms with Crippen LogP contribution in [0, 0.1) is 5.92 Å². The van der Waals surface area contributed by atoms with Crippen LogP contribution >= 0.6 is 11.8 Å². The van der Waals surface area contributed by atoms with Crippen molar-refractivity contribution in [2.24, 2.45) is 5.92 Å². The largest absolute Gasteiger partial charge is 0.354 e. The van der Waals surface area contributed by atoms with Crippen LogP contribution in [0.15, 0.2) is 0 Å². The Bertz CT molecular complexity index is 258. The van der Waals surface area contributed by atoms with Gasteiger partial charge in [0.1, 0.15) is 0 Å². The highest BCUT2D eigenvalue weighted by atomic mass is 32.2. The summed E-state index contributed by atoms with van der Waals surface area (Å²) in [6, 6.07) is 0. The summed E-state index contributed by atoms with van der Waals surface area (Å²) in [6.07, 6.45) is 5.44. The molecule has 2 rings (SSSR count). The van der Waals surface area contributed by atoms with Gasteiger partial charge in [-0.1, -0.05) is 13.3 Å². The molecule has 0 bridgehead atoms. The molecule has 0 aromatic heterocycles. The van der Waals surface area contributed by atoms with Crippen LogP contribution in [0.25, 0.3) is 0 Å². The lowest BCUT2D eigenvalue weighted by atomic mass is 9.90. The molecule has 0 aromatic rings. The van der Waals surface area contributed by atoms with Crippen molar-refractivity contribution in [3.8, 4) is 0 Å². The van der Waals surface area contributed by atoms with Crippen LogP contribution in [-0.4, -0.2) is 36.0 Å². The second-order valence-corrected chi connectivity index (χ2v) is 6.45. The van der Waals surface area contributed by atoms with Crippen LogP contribution in [-0.2, 0) is 4.79 Å². The first kappa shape index (κ1) is 13.2. The van der Waals surface area contributed by atoms with Crippen LogP contribution in [0.5, 0.6) is 0 Å². The van der Waals surface area contributed by atoms with Crippen molar-refractivity contribution in [2.75, 3.05) is 24.6 Å². The molecule has 0 aliphatic carbocycles. The number of thioether (sulfide) groups is 1. The van der Waals surface area contributed by atoms with Gasteiger partial charge >= 0.3 is 0 Å². The monoisotopic (exact) mass is 256 g/mol. The second-order valence-electron chi connectivity index (χ2n) is 5.30. The fourth-order valence-corrected chi connectivity index (χ4v) is 4.19. The van der Waals surface area contributed by atoms with E-state index in [1.165, 1.54) is 17.9 Å². The molecule has 3 nitrogen and oxygen atoms in total. The Morgan fingerprint density at radius 1 is 1.59 bits per heavy atom. The van der Waals surface area contributed by atoms with E-state index >= 15 is 0 Å². The molecule has 2 N–H and O–H groups in total. The quantitative estimate of drug-likeness (QED) is 0.788. The summed E-state index contributed by atoms with van der Waals surface area (Å²) in [7, 11) is 0. The maximum Gasteiger partial charge on any atom is 0.240 e. The highest BCUT2D eigenvalue weighted by Gasteiger charge is 2.39. The first-order valence-electron chi connectivity index (χ1n) is 6.88. The Morgan fingerprint density at radius 3 is 3.06 bits per heavy atom. The lowest BCUT2D eigenvalue weighted by molar-refractivity contribution is -0.127. The average molecular weight is 256 g/mol. The summed E-state index contributed by atoms with van der Waals surface area (Å²) in [4.78, 5) is 12.3. The Labute approximate surface area is 108 Å². The second kappa shape index (κ2) is 6.10. The van der Waals surface area contributed by atoms with Gasteiger partial charge in [0.15, 0.2) is 0 Å².